The highest BCUT2D eigenvalue weighted by Crippen LogP contribution is 2.39. The third kappa shape index (κ3) is 2.39. The van der Waals surface area contributed by atoms with Crippen molar-refractivity contribution in [2.24, 2.45) is 5.18 Å². The number of nitrogens with zero attached hydrogens (tertiary/aromatic N) is 1. The first-order chi connectivity index (χ1) is 9.28. The molecule has 1 unspecified atom stereocenters. The molecule has 0 spiro atoms. The number of hydrogen-bond donors (Lipinski definition) is 2. The molecule has 2 heterocycles. The summed E-state index contributed by atoms with van der Waals surface area (Å²) in [4.78, 5) is 12.1. The SMILES string of the molecule is Cc1cc(C2CCN2)c(Nc2ccccc2N=O)s1. The average Bonchev–Trinajstić information content (AvgIpc) is 2.69. The van der Waals surface area contributed by atoms with E-state index in [0.717, 1.165) is 17.2 Å². The molecule has 1 aliphatic rings. The molecule has 3 rings (SSSR count). The van der Waals surface area contributed by atoms with Crippen molar-refractivity contribution in [3.8, 4) is 0 Å². The molecule has 5 heteroatoms. The van der Waals surface area contributed by atoms with Gasteiger partial charge in [0.05, 0.1) is 10.7 Å². The second-order valence-corrected chi connectivity index (χ2v) is 5.93. The lowest BCUT2D eigenvalue weighted by Gasteiger charge is -2.28. The second-order valence-electron chi connectivity index (χ2n) is 4.67. The van der Waals surface area contributed by atoms with Crippen LogP contribution < -0.4 is 10.6 Å². The van der Waals surface area contributed by atoms with Crippen molar-refractivity contribution in [1.29, 1.82) is 0 Å². The highest BCUT2D eigenvalue weighted by molar-refractivity contribution is 7.16. The highest BCUT2D eigenvalue weighted by atomic mass is 32.1. The molecule has 2 N–H and O–H groups in total. The van der Waals surface area contributed by atoms with Gasteiger partial charge in [0.1, 0.15) is 5.69 Å². The number of nitroso groups, excluding NO2 is 1. The molecule has 0 radical (unpaired) electrons. The molecule has 1 aromatic carbocycles. The van der Waals surface area contributed by atoms with Gasteiger partial charge in [-0.2, -0.15) is 0 Å². The lowest BCUT2D eigenvalue weighted by Crippen LogP contribution is -2.34. The molecule has 0 bridgehead atoms. The van der Waals surface area contributed by atoms with Crippen LogP contribution in [0.4, 0.5) is 16.4 Å². The van der Waals surface area contributed by atoms with E-state index in [-0.39, 0.29) is 0 Å². The molecule has 2 aromatic rings. The van der Waals surface area contributed by atoms with E-state index < -0.39 is 0 Å². The van der Waals surface area contributed by atoms with E-state index >= 15 is 0 Å². The van der Waals surface area contributed by atoms with Crippen LogP contribution in [0.15, 0.2) is 35.5 Å². The van der Waals surface area contributed by atoms with E-state index in [1.165, 1.54) is 16.9 Å². The van der Waals surface area contributed by atoms with Crippen LogP contribution in [-0.4, -0.2) is 6.54 Å². The maximum absolute atomic E-state index is 10.8. The lowest BCUT2D eigenvalue weighted by atomic mass is 10.00. The predicted octanol–water partition coefficient (Wildman–Crippen LogP) is 4.23. The monoisotopic (exact) mass is 273 g/mol. The summed E-state index contributed by atoms with van der Waals surface area (Å²) in [7, 11) is 0. The van der Waals surface area contributed by atoms with E-state index in [1.807, 2.05) is 18.2 Å². The van der Waals surface area contributed by atoms with Crippen molar-refractivity contribution >= 4 is 27.7 Å². The number of rotatable bonds is 4. The van der Waals surface area contributed by atoms with Gasteiger partial charge in [0.15, 0.2) is 0 Å². The van der Waals surface area contributed by atoms with Crippen molar-refractivity contribution in [3.05, 3.63) is 45.7 Å². The summed E-state index contributed by atoms with van der Waals surface area (Å²) in [5.41, 5.74) is 2.50. The normalized spacial score (nSPS) is 17.8. The Labute approximate surface area is 115 Å². The highest BCUT2D eigenvalue weighted by Gasteiger charge is 2.23. The van der Waals surface area contributed by atoms with Crippen molar-refractivity contribution in [3.63, 3.8) is 0 Å². The van der Waals surface area contributed by atoms with Crippen molar-refractivity contribution in [2.45, 2.75) is 19.4 Å². The van der Waals surface area contributed by atoms with Crippen LogP contribution in [0.5, 0.6) is 0 Å². The molecule has 0 saturated carbocycles. The van der Waals surface area contributed by atoms with Gasteiger partial charge in [-0.1, -0.05) is 12.1 Å². The van der Waals surface area contributed by atoms with Gasteiger partial charge in [-0.05, 0) is 43.3 Å². The fourth-order valence-electron chi connectivity index (χ4n) is 2.23. The molecule has 1 aromatic heterocycles. The maximum atomic E-state index is 10.8. The Morgan fingerprint density at radius 3 is 2.89 bits per heavy atom. The Morgan fingerprint density at radius 2 is 2.21 bits per heavy atom. The summed E-state index contributed by atoms with van der Waals surface area (Å²) in [6, 6.07) is 9.96. The van der Waals surface area contributed by atoms with Gasteiger partial charge in [0, 0.05) is 16.5 Å². The topological polar surface area (TPSA) is 53.5 Å². The van der Waals surface area contributed by atoms with E-state index in [0.29, 0.717) is 11.7 Å². The molecule has 1 fully saturated rings. The van der Waals surface area contributed by atoms with Gasteiger partial charge in [0.2, 0.25) is 0 Å². The summed E-state index contributed by atoms with van der Waals surface area (Å²) in [5, 5.41) is 10.9. The minimum Gasteiger partial charge on any atom is -0.345 e. The number of nitrogens with one attached hydrogen (secondary N) is 2. The largest absolute Gasteiger partial charge is 0.345 e. The van der Waals surface area contributed by atoms with Gasteiger partial charge in [-0.15, -0.1) is 16.2 Å². The summed E-state index contributed by atoms with van der Waals surface area (Å²) in [6.07, 6.45) is 1.17. The molecule has 1 atom stereocenters. The number of thiophene rings is 1. The first-order valence-electron chi connectivity index (χ1n) is 6.31. The first-order valence-corrected chi connectivity index (χ1v) is 7.12. The average molecular weight is 273 g/mol. The van der Waals surface area contributed by atoms with Crippen LogP contribution in [0.25, 0.3) is 0 Å². The zero-order chi connectivity index (χ0) is 13.2. The predicted molar refractivity (Wildman–Crippen MR) is 79.6 cm³/mol. The fraction of sp³-hybridized carbons (Fsp3) is 0.286. The summed E-state index contributed by atoms with van der Waals surface area (Å²) < 4.78 is 0. The van der Waals surface area contributed by atoms with Gasteiger partial charge >= 0.3 is 0 Å². The zero-order valence-electron chi connectivity index (χ0n) is 10.6. The van der Waals surface area contributed by atoms with Crippen LogP contribution in [0.1, 0.15) is 22.9 Å². The van der Waals surface area contributed by atoms with Gasteiger partial charge < -0.3 is 10.6 Å². The van der Waals surface area contributed by atoms with Crippen molar-refractivity contribution < 1.29 is 0 Å². The Bertz CT molecular complexity index is 604. The Hall–Kier alpha value is -1.72. The van der Waals surface area contributed by atoms with Crippen LogP contribution >= 0.6 is 11.3 Å². The van der Waals surface area contributed by atoms with Crippen LogP contribution in [0.3, 0.4) is 0 Å². The van der Waals surface area contributed by atoms with E-state index in [9.17, 15) is 4.91 Å². The number of anilines is 2. The molecule has 1 saturated heterocycles. The molecule has 0 aliphatic carbocycles. The van der Waals surface area contributed by atoms with E-state index in [2.05, 4.69) is 28.8 Å². The van der Waals surface area contributed by atoms with Crippen molar-refractivity contribution in [2.75, 3.05) is 11.9 Å². The second kappa shape index (κ2) is 5.11. The number of para-hydroxylation sites is 1. The Balaban J connectivity index is 1.92. The van der Waals surface area contributed by atoms with Crippen LogP contribution in [0, 0.1) is 11.8 Å². The minimum absolute atomic E-state index is 0.434. The van der Waals surface area contributed by atoms with E-state index in [1.54, 1.807) is 17.4 Å². The molecule has 0 amide bonds. The minimum atomic E-state index is 0.434. The Kier molecular flexibility index (Phi) is 3.31. The summed E-state index contributed by atoms with van der Waals surface area (Å²) in [5.74, 6) is 0. The quantitative estimate of drug-likeness (QED) is 0.819. The first kappa shape index (κ1) is 12.3. The third-order valence-electron chi connectivity index (χ3n) is 3.33. The smallest absolute Gasteiger partial charge is 0.131 e. The van der Waals surface area contributed by atoms with E-state index in [4.69, 9.17) is 0 Å². The van der Waals surface area contributed by atoms with Gasteiger partial charge in [-0.25, -0.2) is 0 Å². The van der Waals surface area contributed by atoms with Crippen LogP contribution in [-0.2, 0) is 0 Å². The maximum Gasteiger partial charge on any atom is 0.131 e. The van der Waals surface area contributed by atoms with Gasteiger partial charge in [0.25, 0.3) is 0 Å². The number of aryl methyl sites for hydroxylation is 1. The molecule has 1 aliphatic heterocycles. The molecule has 98 valence electrons. The number of benzene rings is 1. The zero-order valence-corrected chi connectivity index (χ0v) is 11.5. The molecular formula is C14H15N3OS. The number of hydrogen-bond acceptors (Lipinski definition) is 5. The molecular weight excluding hydrogens is 258 g/mol. The lowest BCUT2D eigenvalue weighted by molar-refractivity contribution is 0.385. The summed E-state index contributed by atoms with van der Waals surface area (Å²) >= 11 is 1.71. The molecule has 4 nitrogen and oxygen atoms in total. The third-order valence-corrected chi connectivity index (χ3v) is 4.32. The van der Waals surface area contributed by atoms with Crippen molar-refractivity contribution in [1.82, 2.24) is 5.32 Å². The van der Waals surface area contributed by atoms with Crippen LogP contribution in [0.2, 0.25) is 0 Å². The van der Waals surface area contributed by atoms with Gasteiger partial charge in [-0.3, -0.25) is 0 Å². The standard InChI is InChI=1S/C14H15N3OS/c1-9-8-10(11-6-7-15-11)14(19-9)16-12-4-2-3-5-13(12)17-18/h2-5,8,11,15-16H,6-7H2,1H3. The fourth-order valence-corrected chi connectivity index (χ4v) is 3.21. The Morgan fingerprint density at radius 1 is 1.42 bits per heavy atom. The summed E-state index contributed by atoms with van der Waals surface area (Å²) in [6.45, 7) is 3.17. The molecule has 19 heavy (non-hydrogen) atoms.